The molecule has 1 unspecified atom stereocenters. The van der Waals surface area contributed by atoms with E-state index in [-0.39, 0.29) is 24.1 Å². The fourth-order valence-corrected chi connectivity index (χ4v) is 4.93. The first-order valence-electron chi connectivity index (χ1n) is 10.7. The minimum absolute atomic E-state index is 0.237. The van der Waals surface area contributed by atoms with E-state index in [0.717, 1.165) is 45.8 Å². The van der Waals surface area contributed by atoms with E-state index in [1.807, 2.05) is 44.2 Å². The number of ether oxygens (including phenoxy) is 1. The number of anilines is 1. The average molecular weight is 445 g/mol. The number of carbonyl (C=O) groups excluding carboxylic acids is 1. The van der Waals surface area contributed by atoms with Crippen molar-refractivity contribution in [2.45, 2.75) is 58.6 Å². The molecule has 0 bridgehead atoms. The van der Waals surface area contributed by atoms with Crippen LogP contribution in [0.25, 0.3) is 0 Å². The zero-order valence-electron chi connectivity index (χ0n) is 18.9. The summed E-state index contributed by atoms with van der Waals surface area (Å²) in [6, 6.07) is 12.9. The fraction of sp³-hybridized carbons (Fsp3) is 0.458. The number of hydrogen-bond acceptors (Lipinski definition) is 4. The van der Waals surface area contributed by atoms with Gasteiger partial charge in [0.25, 0.3) is 0 Å². The molecule has 0 aliphatic carbocycles. The highest BCUT2D eigenvalue weighted by atomic mass is 32.2. The molecule has 3 rings (SSSR count). The summed E-state index contributed by atoms with van der Waals surface area (Å²) >= 11 is 0. The predicted molar refractivity (Wildman–Crippen MR) is 124 cm³/mol. The monoisotopic (exact) mass is 444 g/mol. The molecule has 0 saturated heterocycles. The molecule has 1 aliphatic rings. The summed E-state index contributed by atoms with van der Waals surface area (Å²) in [6.45, 7) is 7.79. The molecule has 0 aromatic heterocycles. The van der Waals surface area contributed by atoms with Crippen molar-refractivity contribution in [2.75, 3.05) is 17.1 Å². The van der Waals surface area contributed by atoms with Gasteiger partial charge < -0.3 is 10.1 Å². The van der Waals surface area contributed by atoms with Gasteiger partial charge in [-0.05, 0) is 56.0 Å². The van der Waals surface area contributed by atoms with Crippen LogP contribution in [-0.4, -0.2) is 32.7 Å². The van der Waals surface area contributed by atoms with Crippen molar-refractivity contribution in [3.63, 3.8) is 0 Å². The molecule has 2 aromatic carbocycles. The van der Waals surface area contributed by atoms with Gasteiger partial charge in [-0.25, -0.2) is 8.42 Å². The number of hydrogen-bond donors (Lipinski definition) is 1. The number of para-hydroxylation sites is 1. The lowest BCUT2D eigenvalue weighted by atomic mass is 9.83. The molecule has 7 heteroatoms. The summed E-state index contributed by atoms with van der Waals surface area (Å²) in [5.74, 6) is 0.434. The van der Waals surface area contributed by atoms with Gasteiger partial charge in [0.05, 0.1) is 18.0 Å². The molecule has 31 heavy (non-hydrogen) atoms. The quantitative estimate of drug-likeness (QED) is 0.692. The second-order valence-corrected chi connectivity index (χ2v) is 10.3. The number of sulfonamides is 1. The highest BCUT2D eigenvalue weighted by Crippen LogP contribution is 2.42. The Labute approximate surface area is 185 Å². The number of fused-ring (bicyclic) bond motifs is 1. The standard InChI is InChI=1S/C24H32N2O4S/c1-6-24(7-2)15-21(20-10-8-9-11-22(20)30-24)25-23(27)16-26(31(5,28)29)19-13-12-17(3)18(4)14-19/h8-14,21H,6-7,15-16H2,1-5H3,(H,25,27). The average Bonchev–Trinajstić information content (AvgIpc) is 2.73. The Morgan fingerprint density at radius 3 is 2.42 bits per heavy atom. The van der Waals surface area contributed by atoms with E-state index in [1.54, 1.807) is 12.1 Å². The van der Waals surface area contributed by atoms with Gasteiger partial charge in [-0.15, -0.1) is 0 Å². The van der Waals surface area contributed by atoms with Crippen LogP contribution in [0.4, 0.5) is 5.69 Å². The molecule has 168 valence electrons. The molecular weight excluding hydrogens is 412 g/mol. The first-order chi connectivity index (χ1) is 14.6. The van der Waals surface area contributed by atoms with Crippen LogP contribution in [0.3, 0.4) is 0 Å². The van der Waals surface area contributed by atoms with Crippen molar-refractivity contribution in [2.24, 2.45) is 0 Å². The fourth-order valence-electron chi connectivity index (χ4n) is 4.08. The molecule has 0 radical (unpaired) electrons. The summed E-state index contributed by atoms with van der Waals surface area (Å²) in [6.07, 6.45) is 3.41. The van der Waals surface area contributed by atoms with Crippen molar-refractivity contribution in [1.82, 2.24) is 5.32 Å². The minimum atomic E-state index is -3.63. The largest absolute Gasteiger partial charge is 0.487 e. The summed E-state index contributed by atoms with van der Waals surface area (Å²) in [5, 5.41) is 3.07. The predicted octanol–water partition coefficient (Wildman–Crippen LogP) is 4.27. The number of nitrogens with one attached hydrogen (secondary N) is 1. The molecular formula is C24H32N2O4S. The molecule has 1 aliphatic heterocycles. The Bertz CT molecular complexity index is 1060. The van der Waals surface area contributed by atoms with Crippen LogP contribution in [0, 0.1) is 13.8 Å². The van der Waals surface area contributed by atoms with Crippen molar-refractivity contribution in [3.05, 3.63) is 59.2 Å². The number of rotatable bonds is 7. The van der Waals surface area contributed by atoms with Crippen molar-refractivity contribution in [1.29, 1.82) is 0 Å². The zero-order valence-corrected chi connectivity index (χ0v) is 19.8. The summed E-state index contributed by atoms with van der Waals surface area (Å²) < 4.78 is 32.4. The molecule has 0 saturated carbocycles. The van der Waals surface area contributed by atoms with E-state index in [4.69, 9.17) is 4.74 Å². The van der Waals surface area contributed by atoms with Gasteiger partial charge in [0.2, 0.25) is 15.9 Å². The molecule has 0 fully saturated rings. The molecule has 1 amide bonds. The summed E-state index contributed by atoms with van der Waals surface area (Å²) in [7, 11) is -3.63. The molecule has 6 nitrogen and oxygen atoms in total. The molecule has 1 N–H and O–H groups in total. The van der Waals surface area contributed by atoms with Gasteiger partial charge in [-0.2, -0.15) is 0 Å². The van der Waals surface area contributed by atoms with Crippen LogP contribution in [0.1, 0.15) is 55.8 Å². The maximum absolute atomic E-state index is 13.0. The second kappa shape index (κ2) is 8.91. The van der Waals surface area contributed by atoms with E-state index in [9.17, 15) is 13.2 Å². The number of benzene rings is 2. The van der Waals surface area contributed by atoms with Gasteiger partial charge in [0, 0.05) is 12.0 Å². The van der Waals surface area contributed by atoms with Gasteiger partial charge in [-0.3, -0.25) is 9.10 Å². The zero-order chi connectivity index (χ0) is 22.8. The number of aryl methyl sites for hydroxylation is 2. The highest BCUT2D eigenvalue weighted by Gasteiger charge is 2.39. The third kappa shape index (κ3) is 5.03. The van der Waals surface area contributed by atoms with Crippen molar-refractivity contribution in [3.8, 4) is 5.75 Å². The van der Waals surface area contributed by atoms with Crippen LogP contribution in [0.5, 0.6) is 5.75 Å². The van der Waals surface area contributed by atoms with Gasteiger partial charge in [0.1, 0.15) is 17.9 Å². The highest BCUT2D eigenvalue weighted by molar-refractivity contribution is 7.92. The maximum atomic E-state index is 13.0. The number of nitrogens with zero attached hydrogens (tertiary/aromatic N) is 1. The van der Waals surface area contributed by atoms with Crippen LogP contribution in [-0.2, 0) is 14.8 Å². The van der Waals surface area contributed by atoms with Crippen molar-refractivity contribution >= 4 is 21.6 Å². The summed E-state index contributed by atoms with van der Waals surface area (Å²) in [4.78, 5) is 13.0. The lowest BCUT2D eigenvalue weighted by molar-refractivity contribution is -0.121. The van der Waals surface area contributed by atoms with E-state index < -0.39 is 10.0 Å². The Hall–Kier alpha value is -2.54. The minimum Gasteiger partial charge on any atom is -0.487 e. The van der Waals surface area contributed by atoms with E-state index >= 15 is 0 Å². The summed E-state index contributed by atoms with van der Waals surface area (Å²) in [5.41, 5.74) is 3.10. The lowest BCUT2D eigenvalue weighted by Crippen LogP contribution is -2.47. The SMILES string of the molecule is CCC1(CC)CC(NC(=O)CN(c2ccc(C)c(C)c2)S(C)(=O)=O)c2ccccc2O1. The number of carbonyl (C=O) groups is 1. The first-order valence-corrected chi connectivity index (χ1v) is 12.6. The van der Waals surface area contributed by atoms with Crippen LogP contribution >= 0.6 is 0 Å². The Morgan fingerprint density at radius 1 is 1.13 bits per heavy atom. The van der Waals surface area contributed by atoms with Crippen molar-refractivity contribution < 1.29 is 17.9 Å². The smallest absolute Gasteiger partial charge is 0.241 e. The van der Waals surface area contributed by atoms with Crippen LogP contribution in [0.2, 0.25) is 0 Å². The normalized spacial score (nSPS) is 17.4. The second-order valence-electron chi connectivity index (χ2n) is 8.39. The third-order valence-corrected chi connectivity index (χ3v) is 7.43. The molecule has 1 atom stereocenters. The topological polar surface area (TPSA) is 75.7 Å². The Balaban J connectivity index is 1.86. The van der Waals surface area contributed by atoms with E-state index in [2.05, 4.69) is 19.2 Å². The number of amides is 1. The van der Waals surface area contributed by atoms with Crippen LogP contribution in [0.15, 0.2) is 42.5 Å². The van der Waals surface area contributed by atoms with Gasteiger partial charge >= 0.3 is 0 Å². The molecule has 2 aromatic rings. The first kappa shape index (κ1) is 23.1. The van der Waals surface area contributed by atoms with Crippen LogP contribution < -0.4 is 14.4 Å². The van der Waals surface area contributed by atoms with Gasteiger partial charge in [-0.1, -0.05) is 38.1 Å². The molecule has 1 heterocycles. The van der Waals surface area contributed by atoms with E-state index in [1.165, 1.54) is 0 Å². The maximum Gasteiger partial charge on any atom is 0.241 e. The van der Waals surface area contributed by atoms with Gasteiger partial charge in [0.15, 0.2) is 0 Å². The molecule has 0 spiro atoms. The lowest BCUT2D eigenvalue weighted by Gasteiger charge is -2.41. The third-order valence-electron chi connectivity index (χ3n) is 6.29. The Kier molecular flexibility index (Phi) is 6.65. The van der Waals surface area contributed by atoms with E-state index in [0.29, 0.717) is 12.1 Å². The Morgan fingerprint density at radius 2 is 1.81 bits per heavy atom.